The molecular formula is C12H9BrFN3. The van der Waals surface area contributed by atoms with Crippen molar-refractivity contribution >= 4 is 15.9 Å². The van der Waals surface area contributed by atoms with E-state index in [1.807, 2.05) is 0 Å². The highest BCUT2D eigenvalue weighted by Crippen LogP contribution is 2.39. The van der Waals surface area contributed by atoms with E-state index in [0.717, 1.165) is 18.7 Å². The van der Waals surface area contributed by atoms with Crippen molar-refractivity contribution in [1.82, 2.24) is 15.0 Å². The number of hydrogen-bond donors (Lipinski definition) is 0. The number of aromatic nitrogens is 3. The minimum Gasteiger partial charge on any atom is -0.262 e. The summed E-state index contributed by atoms with van der Waals surface area (Å²) < 4.78 is 14.3. The Balaban J connectivity index is 2.11. The van der Waals surface area contributed by atoms with Crippen LogP contribution in [0.3, 0.4) is 0 Å². The fourth-order valence-corrected chi connectivity index (χ4v) is 2.08. The van der Waals surface area contributed by atoms with E-state index in [-0.39, 0.29) is 5.82 Å². The number of hydrogen-bond acceptors (Lipinski definition) is 3. The molecule has 3 nitrogen and oxygen atoms in total. The molecule has 0 saturated heterocycles. The molecule has 0 bridgehead atoms. The third-order valence-corrected chi connectivity index (χ3v) is 3.11. The zero-order chi connectivity index (χ0) is 11.8. The number of nitrogens with zero attached hydrogens (tertiary/aromatic N) is 3. The first-order valence-corrected chi connectivity index (χ1v) is 6.17. The normalized spacial score (nSPS) is 14.9. The lowest BCUT2D eigenvalue weighted by atomic mass is 10.2. The van der Waals surface area contributed by atoms with E-state index >= 15 is 0 Å². The van der Waals surface area contributed by atoms with Crippen LogP contribution in [0.25, 0.3) is 11.3 Å². The van der Waals surface area contributed by atoms with Crippen molar-refractivity contribution in [1.29, 1.82) is 0 Å². The van der Waals surface area contributed by atoms with E-state index in [2.05, 4.69) is 30.9 Å². The Morgan fingerprint density at radius 3 is 2.82 bits per heavy atom. The van der Waals surface area contributed by atoms with Gasteiger partial charge in [0.1, 0.15) is 10.4 Å². The zero-order valence-corrected chi connectivity index (χ0v) is 10.5. The highest BCUT2D eigenvalue weighted by molar-refractivity contribution is 9.10. The molecule has 17 heavy (non-hydrogen) atoms. The highest BCUT2D eigenvalue weighted by Gasteiger charge is 2.27. The van der Waals surface area contributed by atoms with Gasteiger partial charge in [-0.05, 0) is 40.9 Å². The van der Waals surface area contributed by atoms with Gasteiger partial charge in [-0.3, -0.25) is 4.98 Å². The van der Waals surface area contributed by atoms with Crippen LogP contribution in [0.4, 0.5) is 4.39 Å². The molecule has 1 fully saturated rings. The minimum absolute atomic E-state index is 0.361. The molecule has 86 valence electrons. The average molecular weight is 294 g/mol. The molecule has 1 saturated carbocycles. The van der Waals surface area contributed by atoms with Crippen LogP contribution in [0, 0.1) is 5.82 Å². The molecule has 0 atom stereocenters. The Kier molecular flexibility index (Phi) is 2.63. The molecule has 1 aliphatic carbocycles. The molecule has 0 radical (unpaired) electrons. The average Bonchev–Trinajstić information content (AvgIpc) is 3.12. The van der Waals surface area contributed by atoms with Crippen LogP contribution >= 0.6 is 15.9 Å². The second kappa shape index (κ2) is 4.14. The standard InChI is InChI=1S/C12H9BrFN3/c13-11-5-10(8-3-4-15-6-9(8)14)16-12(17-11)7-1-2-7/h3-7H,1-2H2. The molecule has 5 heteroatoms. The van der Waals surface area contributed by atoms with E-state index in [1.165, 1.54) is 6.20 Å². The molecule has 0 N–H and O–H groups in total. The monoisotopic (exact) mass is 293 g/mol. The summed E-state index contributed by atoms with van der Waals surface area (Å²) in [5.74, 6) is 0.876. The molecule has 1 aliphatic rings. The van der Waals surface area contributed by atoms with Crippen LogP contribution in [-0.2, 0) is 0 Å². The van der Waals surface area contributed by atoms with Gasteiger partial charge in [0.25, 0.3) is 0 Å². The Hall–Kier alpha value is -1.36. The molecule has 2 aromatic rings. The fourth-order valence-electron chi connectivity index (χ4n) is 1.68. The third kappa shape index (κ3) is 2.20. The zero-order valence-electron chi connectivity index (χ0n) is 8.90. The van der Waals surface area contributed by atoms with Crippen LogP contribution in [0.2, 0.25) is 0 Å². The van der Waals surface area contributed by atoms with Crippen molar-refractivity contribution in [3.8, 4) is 11.3 Å². The predicted octanol–water partition coefficient (Wildman–Crippen LogP) is 3.32. The molecule has 0 unspecified atom stereocenters. The topological polar surface area (TPSA) is 38.7 Å². The van der Waals surface area contributed by atoms with Gasteiger partial charge in [-0.15, -0.1) is 0 Å². The molecule has 0 aliphatic heterocycles. The van der Waals surface area contributed by atoms with Gasteiger partial charge in [-0.1, -0.05) is 0 Å². The summed E-state index contributed by atoms with van der Waals surface area (Å²) in [7, 11) is 0. The maximum absolute atomic E-state index is 13.6. The first-order chi connectivity index (χ1) is 8.24. The maximum atomic E-state index is 13.6. The van der Waals surface area contributed by atoms with E-state index in [9.17, 15) is 4.39 Å². The minimum atomic E-state index is -0.361. The van der Waals surface area contributed by atoms with Gasteiger partial charge < -0.3 is 0 Å². The smallest absolute Gasteiger partial charge is 0.150 e. The first kappa shape index (κ1) is 10.8. The van der Waals surface area contributed by atoms with Crippen molar-refractivity contribution in [2.45, 2.75) is 18.8 Å². The Morgan fingerprint density at radius 1 is 1.29 bits per heavy atom. The van der Waals surface area contributed by atoms with Crippen LogP contribution in [0.5, 0.6) is 0 Å². The van der Waals surface area contributed by atoms with E-state index in [4.69, 9.17) is 0 Å². The van der Waals surface area contributed by atoms with Gasteiger partial charge >= 0.3 is 0 Å². The Bertz CT molecular complexity index is 569. The Morgan fingerprint density at radius 2 is 2.12 bits per heavy atom. The van der Waals surface area contributed by atoms with Gasteiger partial charge in [-0.2, -0.15) is 0 Å². The van der Waals surface area contributed by atoms with Crippen LogP contribution in [0.1, 0.15) is 24.6 Å². The van der Waals surface area contributed by atoms with E-state index in [0.29, 0.717) is 21.8 Å². The van der Waals surface area contributed by atoms with Crippen molar-refractivity contribution in [3.63, 3.8) is 0 Å². The SMILES string of the molecule is Fc1cnccc1-c1cc(Br)nc(C2CC2)n1. The lowest BCUT2D eigenvalue weighted by molar-refractivity contribution is 0.624. The number of rotatable bonds is 2. The first-order valence-electron chi connectivity index (χ1n) is 5.38. The quantitative estimate of drug-likeness (QED) is 0.798. The molecular weight excluding hydrogens is 285 g/mol. The van der Waals surface area contributed by atoms with Crippen molar-refractivity contribution < 1.29 is 4.39 Å². The molecule has 2 heterocycles. The molecule has 2 aromatic heterocycles. The predicted molar refractivity (Wildman–Crippen MR) is 64.9 cm³/mol. The van der Waals surface area contributed by atoms with Crippen molar-refractivity contribution in [2.24, 2.45) is 0 Å². The fraction of sp³-hybridized carbons (Fsp3) is 0.250. The van der Waals surface area contributed by atoms with Crippen LogP contribution < -0.4 is 0 Å². The lowest BCUT2D eigenvalue weighted by Crippen LogP contribution is -1.97. The molecule has 0 aromatic carbocycles. The summed E-state index contributed by atoms with van der Waals surface area (Å²) in [5, 5.41) is 0. The van der Waals surface area contributed by atoms with Gasteiger partial charge in [-0.25, -0.2) is 14.4 Å². The molecule has 3 rings (SSSR count). The van der Waals surface area contributed by atoms with E-state index < -0.39 is 0 Å². The summed E-state index contributed by atoms with van der Waals surface area (Å²) in [6.45, 7) is 0. The van der Waals surface area contributed by atoms with Gasteiger partial charge in [0.2, 0.25) is 0 Å². The summed E-state index contributed by atoms with van der Waals surface area (Å²) >= 11 is 3.34. The van der Waals surface area contributed by atoms with Crippen molar-refractivity contribution in [2.75, 3.05) is 0 Å². The molecule has 0 spiro atoms. The molecule has 0 amide bonds. The van der Waals surface area contributed by atoms with E-state index in [1.54, 1.807) is 18.3 Å². The second-order valence-corrected chi connectivity index (χ2v) is 4.88. The largest absolute Gasteiger partial charge is 0.262 e. The van der Waals surface area contributed by atoms with Crippen molar-refractivity contribution in [3.05, 3.63) is 40.8 Å². The summed E-state index contributed by atoms with van der Waals surface area (Å²) in [4.78, 5) is 12.5. The highest BCUT2D eigenvalue weighted by atomic mass is 79.9. The second-order valence-electron chi connectivity index (χ2n) is 4.06. The lowest BCUT2D eigenvalue weighted by Gasteiger charge is -2.05. The summed E-state index contributed by atoms with van der Waals surface area (Å²) in [5.41, 5.74) is 1.07. The maximum Gasteiger partial charge on any atom is 0.150 e. The van der Waals surface area contributed by atoms with Gasteiger partial charge in [0, 0.05) is 17.7 Å². The Labute approximate surface area is 106 Å². The number of halogens is 2. The summed E-state index contributed by atoms with van der Waals surface area (Å²) in [6, 6.07) is 3.35. The van der Waals surface area contributed by atoms with Gasteiger partial charge in [0.05, 0.1) is 11.9 Å². The number of pyridine rings is 1. The van der Waals surface area contributed by atoms with Gasteiger partial charge in [0.15, 0.2) is 5.82 Å². The van der Waals surface area contributed by atoms with Crippen LogP contribution in [-0.4, -0.2) is 15.0 Å². The third-order valence-electron chi connectivity index (χ3n) is 2.70. The van der Waals surface area contributed by atoms with Crippen LogP contribution in [0.15, 0.2) is 29.1 Å². The summed E-state index contributed by atoms with van der Waals surface area (Å²) in [6.07, 6.45) is 5.00.